The van der Waals surface area contributed by atoms with Gasteiger partial charge in [-0.25, -0.2) is 4.79 Å². The first kappa shape index (κ1) is 10.3. The highest BCUT2D eigenvalue weighted by Gasteiger charge is 2.23. The molecule has 0 saturated carbocycles. The minimum atomic E-state index is -0.299. The van der Waals surface area contributed by atoms with Gasteiger partial charge in [0.15, 0.2) is 0 Å². The summed E-state index contributed by atoms with van der Waals surface area (Å²) in [6.45, 7) is 6.46. The molecule has 0 aliphatic carbocycles. The van der Waals surface area contributed by atoms with Crippen molar-refractivity contribution in [3.8, 4) is 0 Å². The SMILES string of the molecule is CCC(C)=C(C)C(=O)OC1CCO1. The van der Waals surface area contributed by atoms with Gasteiger partial charge in [0, 0.05) is 12.0 Å². The van der Waals surface area contributed by atoms with E-state index in [2.05, 4.69) is 0 Å². The predicted molar refractivity (Wildman–Crippen MR) is 49.1 cm³/mol. The number of ether oxygens (including phenoxy) is 2. The van der Waals surface area contributed by atoms with Crippen LogP contribution in [-0.2, 0) is 14.3 Å². The first-order valence-corrected chi connectivity index (χ1v) is 4.64. The smallest absolute Gasteiger partial charge is 0.335 e. The quantitative estimate of drug-likeness (QED) is 0.497. The molecular weight excluding hydrogens is 168 g/mol. The number of esters is 1. The normalized spacial score (nSPS) is 23.2. The maximum Gasteiger partial charge on any atom is 0.335 e. The van der Waals surface area contributed by atoms with Crippen LogP contribution in [0.2, 0.25) is 0 Å². The number of hydrogen-bond donors (Lipinski definition) is 0. The zero-order valence-electron chi connectivity index (χ0n) is 8.42. The van der Waals surface area contributed by atoms with E-state index in [1.54, 1.807) is 6.92 Å². The molecule has 0 aromatic rings. The van der Waals surface area contributed by atoms with Crippen molar-refractivity contribution in [3.63, 3.8) is 0 Å². The van der Waals surface area contributed by atoms with Crippen LogP contribution in [0, 0.1) is 0 Å². The van der Waals surface area contributed by atoms with Crippen LogP contribution in [-0.4, -0.2) is 18.9 Å². The van der Waals surface area contributed by atoms with Crippen molar-refractivity contribution in [3.05, 3.63) is 11.1 Å². The number of carbonyl (C=O) groups is 1. The summed E-state index contributed by atoms with van der Waals surface area (Å²) in [4.78, 5) is 11.4. The van der Waals surface area contributed by atoms with Crippen LogP contribution < -0.4 is 0 Å². The van der Waals surface area contributed by atoms with Gasteiger partial charge in [0.25, 0.3) is 0 Å². The molecule has 0 bridgehead atoms. The van der Waals surface area contributed by atoms with Crippen LogP contribution in [0.3, 0.4) is 0 Å². The van der Waals surface area contributed by atoms with Gasteiger partial charge in [-0.3, -0.25) is 0 Å². The molecule has 0 spiro atoms. The predicted octanol–water partition coefficient (Wildman–Crippen LogP) is 2.02. The topological polar surface area (TPSA) is 35.5 Å². The third-order valence-electron chi connectivity index (χ3n) is 2.37. The molecule has 1 aliphatic heterocycles. The lowest BCUT2D eigenvalue weighted by Gasteiger charge is -2.26. The summed E-state index contributed by atoms with van der Waals surface area (Å²) in [5.41, 5.74) is 1.78. The maximum absolute atomic E-state index is 11.4. The minimum Gasteiger partial charge on any atom is -0.432 e. The molecule has 0 aromatic heterocycles. The van der Waals surface area contributed by atoms with E-state index < -0.39 is 0 Å². The van der Waals surface area contributed by atoms with Crippen molar-refractivity contribution < 1.29 is 14.3 Å². The molecule has 3 heteroatoms. The second-order valence-corrected chi connectivity index (χ2v) is 3.25. The Balaban J connectivity index is 2.46. The molecule has 74 valence electrons. The molecule has 1 fully saturated rings. The van der Waals surface area contributed by atoms with E-state index in [0.29, 0.717) is 12.2 Å². The summed E-state index contributed by atoms with van der Waals surface area (Å²) >= 11 is 0. The summed E-state index contributed by atoms with van der Waals surface area (Å²) in [6, 6.07) is 0. The lowest BCUT2D eigenvalue weighted by atomic mass is 10.1. The van der Waals surface area contributed by atoms with Crippen LogP contribution in [0.25, 0.3) is 0 Å². The number of allylic oxidation sites excluding steroid dienone is 1. The highest BCUT2D eigenvalue weighted by molar-refractivity contribution is 5.88. The van der Waals surface area contributed by atoms with E-state index in [1.165, 1.54) is 0 Å². The van der Waals surface area contributed by atoms with E-state index in [4.69, 9.17) is 9.47 Å². The average Bonchev–Trinajstić information content (AvgIpc) is 2.08. The molecule has 3 nitrogen and oxygen atoms in total. The van der Waals surface area contributed by atoms with Gasteiger partial charge in [-0.05, 0) is 20.3 Å². The average molecular weight is 184 g/mol. The van der Waals surface area contributed by atoms with Gasteiger partial charge in [-0.2, -0.15) is 0 Å². The summed E-state index contributed by atoms with van der Waals surface area (Å²) < 4.78 is 10.1. The molecule has 1 saturated heterocycles. The molecule has 1 unspecified atom stereocenters. The zero-order chi connectivity index (χ0) is 9.84. The van der Waals surface area contributed by atoms with E-state index in [-0.39, 0.29) is 12.3 Å². The number of carbonyl (C=O) groups excluding carboxylic acids is 1. The summed E-state index contributed by atoms with van der Waals surface area (Å²) in [6.07, 6.45) is 1.41. The molecular formula is C10H16O3. The fourth-order valence-corrected chi connectivity index (χ4v) is 0.954. The molecule has 0 amide bonds. The standard InChI is InChI=1S/C10H16O3/c1-4-7(2)8(3)10(11)13-9-5-6-12-9/h9H,4-6H2,1-3H3. The highest BCUT2D eigenvalue weighted by atomic mass is 16.7. The largest absolute Gasteiger partial charge is 0.432 e. The van der Waals surface area contributed by atoms with Crippen molar-refractivity contribution in [2.24, 2.45) is 0 Å². The minimum absolute atomic E-state index is 0.246. The number of rotatable bonds is 3. The Labute approximate surface area is 78.7 Å². The van der Waals surface area contributed by atoms with E-state index in [0.717, 1.165) is 18.4 Å². The monoisotopic (exact) mass is 184 g/mol. The van der Waals surface area contributed by atoms with Gasteiger partial charge in [-0.1, -0.05) is 12.5 Å². The van der Waals surface area contributed by atoms with Crippen molar-refractivity contribution in [1.82, 2.24) is 0 Å². The fraction of sp³-hybridized carbons (Fsp3) is 0.700. The van der Waals surface area contributed by atoms with Crippen molar-refractivity contribution in [2.45, 2.75) is 39.9 Å². The number of hydrogen-bond acceptors (Lipinski definition) is 3. The molecule has 0 N–H and O–H groups in total. The molecule has 13 heavy (non-hydrogen) atoms. The summed E-state index contributed by atoms with van der Waals surface area (Å²) in [7, 11) is 0. The molecule has 1 atom stereocenters. The molecule has 0 aromatic carbocycles. The third-order valence-corrected chi connectivity index (χ3v) is 2.37. The Morgan fingerprint density at radius 1 is 1.54 bits per heavy atom. The van der Waals surface area contributed by atoms with Gasteiger partial charge >= 0.3 is 5.97 Å². The maximum atomic E-state index is 11.4. The van der Waals surface area contributed by atoms with Gasteiger partial charge in [-0.15, -0.1) is 0 Å². The van der Waals surface area contributed by atoms with Crippen molar-refractivity contribution >= 4 is 5.97 Å². The molecule has 0 radical (unpaired) electrons. The lowest BCUT2D eigenvalue weighted by Crippen LogP contribution is -2.32. The first-order chi connectivity index (χ1) is 6.15. The summed E-state index contributed by atoms with van der Waals surface area (Å²) in [5.74, 6) is -0.246. The van der Waals surface area contributed by atoms with Crippen LogP contribution in [0.1, 0.15) is 33.6 Å². The highest BCUT2D eigenvalue weighted by Crippen LogP contribution is 2.16. The van der Waals surface area contributed by atoms with Gasteiger partial charge in [0.05, 0.1) is 6.61 Å². The third kappa shape index (κ3) is 2.56. The van der Waals surface area contributed by atoms with Crippen molar-refractivity contribution in [2.75, 3.05) is 6.61 Å². The van der Waals surface area contributed by atoms with Crippen LogP contribution in [0.4, 0.5) is 0 Å². The van der Waals surface area contributed by atoms with Gasteiger partial charge in [0.1, 0.15) is 0 Å². The molecule has 1 rings (SSSR count). The Kier molecular flexibility index (Phi) is 3.48. The van der Waals surface area contributed by atoms with Crippen LogP contribution in [0.15, 0.2) is 11.1 Å². The van der Waals surface area contributed by atoms with E-state index in [1.807, 2.05) is 13.8 Å². The van der Waals surface area contributed by atoms with Gasteiger partial charge < -0.3 is 9.47 Å². The summed E-state index contributed by atoms with van der Waals surface area (Å²) in [5, 5.41) is 0. The van der Waals surface area contributed by atoms with E-state index in [9.17, 15) is 4.79 Å². The second-order valence-electron chi connectivity index (χ2n) is 3.25. The molecule has 1 aliphatic rings. The Morgan fingerprint density at radius 2 is 2.15 bits per heavy atom. The fourth-order valence-electron chi connectivity index (χ4n) is 0.954. The Bertz CT molecular complexity index is 226. The molecule has 1 heterocycles. The zero-order valence-corrected chi connectivity index (χ0v) is 8.42. The van der Waals surface area contributed by atoms with Crippen LogP contribution >= 0.6 is 0 Å². The Hall–Kier alpha value is -0.830. The second kappa shape index (κ2) is 4.42. The van der Waals surface area contributed by atoms with E-state index >= 15 is 0 Å². The lowest BCUT2D eigenvalue weighted by molar-refractivity contribution is -0.213. The van der Waals surface area contributed by atoms with Gasteiger partial charge in [0.2, 0.25) is 6.29 Å². The first-order valence-electron chi connectivity index (χ1n) is 4.64. The van der Waals surface area contributed by atoms with Crippen molar-refractivity contribution in [1.29, 1.82) is 0 Å². The Morgan fingerprint density at radius 3 is 2.54 bits per heavy atom. The van der Waals surface area contributed by atoms with Crippen LogP contribution in [0.5, 0.6) is 0 Å².